The average Bonchev–Trinajstić information content (AvgIpc) is 3.44. The molecule has 0 radical (unpaired) electrons. The van der Waals surface area contributed by atoms with Crippen LogP contribution in [0.15, 0.2) is 0 Å². The van der Waals surface area contributed by atoms with Gasteiger partial charge >= 0.3 is 39.5 Å². The fourth-order valence-corrected chi connectivity index (χ4v) is 10.9. The zero-order valence-electron chi connectivity index (χ0n) is 52.8. The Hall–Kier alpha value is -1.94. The molecule has 0 saturated heterocycles. The summed E-state index contributed by atoms with van der Waals surface area (Å²) in [7, 11) is -9.87. The molecule has 0 aromatic rings. The highest BCUT2D eigenvalue weighted by molar-refractivity contribution is 7.47. The first-order valence-corrected chi connectivity index (χ1v) is 36.0. The van der Waals surface area contributed by atoms with E-state index in [-0.39, 0.29) is 25.7 Å². The molecule has 0 fully saturated rings. The van der Waals surface area contributed by atoms with Gasteiger partial charge in [-0.1, -0.05) is 260 Å². The lowest BCUT2D eigenvalue weighted by Gasteiger charge is -2.21. The zero-order chi connectivity index (χ0) is 60.8. The number of phosphoric ester groups is 2. The van der Waals surface area contributed by atoms with E-state index >= 15 is 0 Å². The Morgan fingerprint density at radius 3 is 0.829 bits per heavy atom. The van der Waals surface area contributed by atoms with Crippen molar-refractivity contribution in [2.45, 2.75) is 330 Å². The Morgan fingerprint density at radius 1 is 0.329 bits per heavy atom. The van der Waals surface area contributed by atoms with Crippen molar-refractivity contribution in [2.75, 3.05) is 39.6 Å². The van der Waals surface area contributed by atoms with Gasteiger partial charge < -0.3 is 33.8 Å². The second-order valence-electron chi connectivity index (χ2n) is 23.7. The van der Waals surface area contributed by atoms with Gasteiger partial charge in [0.05, 0.1) is 26.4 Å². The summed E-state index contributed by atoms with van der Waals surface area (Å²) in [6.07, 6.45) is 38.0. The molecule has 0 aliphatic carbocycles. The summed E-state index contributed by atoms with van der Waals surface area (Å²) in [6, 6.07) is 0. The first kappa shape index (κ1) is 80.1. The van der Waals surface area contributed by atoms with E-state index in [1.807, 2.05) is 0 Å². The largest absolute Gasteiger partial charge is 0.472 e. The lowest BCUT2D eigenvalue weighted by molar-refractivity contribution is -0.161. The minimum absolute atomic E-state index is 0.105. The summed E-state index contributed by atoms with van der Waals surface area (Å²) in [4.78, 5) is 71.9. The Morgan fingerprint density at radius 2 is 0.561 bits per heavy atom. The number of hydrogen-bond donors (Lipinski definition) is 3. The zero-order valence-corrected chi connectivity index (χ0v) is 54.6. The van der Waals surface area contributed by atoms with Crippen LogP contribution in [0, 0.1) is 11.8 Å². The molecule has 0 aliphatic heterocycles. The standard InChI is InChI=1S/C63H122O17P2/c1-7-9-11-13-14-21-29-35-41-47-62(67)79-58(51-73-60(65)45-39-31-12-10-8-2)53-77-81(69,70)75-49-57(64)50-76-82(71,72)78-54-59(52-74-61(66)46-40-34-28-25-24-27-33-38-44-56(5)6)80-63(68)48-42-36-30-23-20-18-16-15-17-19-22-26-32-37-43-55(3)4/h55-59,64H,7-54H2,1-6H3,(H,69,70)(H,71,72)/t57-,58+,59+/m0/s1. The van der Waals surface area contributed by atoms with Crippen LogP contribution >= 0.6 is 15.6 Å². The molecular formula is C63H122O17P2. The number of esters is 4. The second kappa shape index (κ2) is 55.6. The van der Waals surface area contributed by atoms with Crippen LogP contribution in [0.2, 0.25) is 0 Å². The van der Waals surface area contributed by atoms with Crippen molar-refractivity contribution in [3.63, 3.8) is 0 Å². The van der Waals surface area contributed by atoms with E-state index in [1.165, 1.54) is 122 Å². The van der Waals surface area contributed by atoms with Crippen molar-refractivity contribution in [2.24, 2.45) is 11.8 Å². The van der Waals surface area contributed by atoms with Crippen LogP contribution in [-0.2, 0) is 65.4 Å². The van der Waals surface area contributed by atoms with Gasteiger partial charge in [-0.05, 0) is 37.5 Å². The Labute approximate surface area is 498 Å². The number of ether oxygens (including phenoxy) is 4. The fraction of sp³-hybridized carbons (Fsp3) is 0.937. The molecule has 17 nitrogen and oxygen atoms in total. The number of rotatable bonds is 62. The molecule has 0 amide bonds. The molecule has 486 valence electrons. The third-order valence-electron chi connectivity index (χ3n) is 14.5. The van der Waals surface area contributed by atoms with Crippen molar-refractivity contribution in [1.82, 2.24) is 0 Å². The van der Waals surface area contributed by atoms with E-state index in [0.29, 0.717) is 25.7 Å². The van der Waals surface area contributed by atoms with Gasteiger partial charge in [-0.3, -0.25) is 37.3 Å². The van der Waals surface area contributed by atoms with Gasteiger partial charge in [0, 0.05) is 25.7 Å². The molecule has 2 unspecified atom stereocenters. The lowest BCUT2D eigenvalue weighted by atomic mass is 10.0. The van der Waals surface area contributed by atoms with Crippen molar-refractivity contribution >= 4 is 39.5 Å². The molecule has 0 spiro atoms. The minimum Gasteiger partial charge on any atom is -0.462 e. The predicted molar refractivity (Wildman–Crippen MR) is 326 cm³/mol. The van der Waals surface area contributed by atoms with E-state index in [9.17, 15) is 43.2 Å². The topological polar surface area (TPSA) is 237 Å². The lowest BCUT2D eigenvalue weighted by Crippen LogP contribution is -2.30. The van der Waals surface area contributed by atoms with E-state index in [2.05, 4.69) is 41.5 Å². The van der Waals surface area contributed by atoms with Gasteiger partial charge in [0.1, 0.15) is 19.3 Å². The average molecular weight is 1210 g/mol. The number of carbonyl (C=O) groups excluding carboxylic acids is 4. The molecule has 5 atom stereocenters. The van der Waals surface area contributed by atoms with Crippen molar-refractivity contribution in [1.29, 1.82) is 0 Å². The molecule has 0 saturated carbocycles. The van der Waals surface area contributed by atoms with Gasteiger partial charge in [0.25, 0.3) is 0 Å². The van der Waals surface area contributed by atoms with Crippen LogP contribution in [0.3, 0.4) is 0 Å². The van der Waals surface area contributed by atoms with Crippen LogP contribution in [0.5, 0.6) is 0 Å². The Kier molecular flexibility index (Phi) is 54.3. The maximum Gasteiger partial charge on any atom is 0.472 e. The highest BCUT2D eigenvalue weighted by atomic mass is 31.2. The first-order valence-electron chi connectivity index (χ1n) is 33.0. The van der Waals surface area contributed by atoms with Crippen LogP contribution in [0.25, 0.3) is 0 Å². The number of hydrogen-bond acceptors (Lipinski definition) is 15. The van der Waals surface area contributed by atoms with E-state index in [0.717, 1.165) is 108 Å². The van der Waals surface area contributed by atoms with E-state index < -0.39 is 97.5 Å². The summed E-state index contributed by atoms with van der Waals surface area (Å²) in [5, 5.41) is 10.5. The summed E-state index contributed by atoms with van der Waals surface area (Å²) in [5.74, 6) is -0.626. The van der Waals surface area contributed by atoms with Crippen LogP contribution < -0.4 is 0 Å². The molecule has 19 heteroatoms. The molecule has 0 heterocycles. The Bertz CT molecular complexity index is 1620. The van der Waals surface area contributed by atoms with Gasteiger partial charge in [0.15, 0.2) is 12.2 Å². The number of aliphatic hydroxyl groups excluding tert-OH is 1. The molecule has 0 bridgehead atoms. The smallest absolute Gasteiger partial charge is 0.462 e. The summed E-state index contributed by atoms with van der Waals surface area (Å²) < 4.78 is 67.7. The SMILES string of the molecule is CCCCCCCCCCCC(=O)O[C@H](COC(=O)CCCCCCC)COP(=O)(O)OC[C@H](O)COP(=O)(O)OC[C@@H](COC(=O)CCCCCCCCCCC(C)C)OC(=O)CCCCCCCCCCCCCCCCC(C)C. The predicted octanol–water partition coefficient (Wildman–Crippen LogP) is 17.3. The third-order valence-corrected chi connectivity index (χ3v) is 16.4. The Balaban J connectivity index is 5.15. The molecule has 0 rings (SSSR count). The molecule has 82 heavy (non-hydrogen) atoms. The fourth-order valence-electron chi connectivity index (χ4n) is 9.35. The van der Waals surface area contributed by atoms with Crippen molar-refractivity contribution < 1.29 is 80.2 Å². The highest BCUT2D eigenvalue weighted by Crippen LogP contribution is 2.45. The number of carbonyl (C=O) groups is 4. The van der Waals surface area contributed by atoms with Gasteiger partial charge in [-0.2, -0.15) is 0 Å². The molecule has 3 N–H and O–H groups in total. The van der Waals surface area contributed by atoms with Crippen molar-refractivity contribution in [3.05, 3.63) is 0 Å². The monoisotopic (exact) mass is 1210 g/mol. The molecular weight excluding hydrogens is 1090 g/mol. The summed E-state index contributed by atoms with van der Waals surface area (Å²) in [6.45, 7) is 9.37. The highest BCUT2D eigenvalue weighted by Gasteiger charge is 2.30. The van der Waals surface area contributed by atoms with E-state index in [4.69, 9.17) is 37.0 Å². The maximum absolute atomic E-state index is 13.0. The number of aliphatic hydroxyl groups is 1. The molecule has 0 aliphatic rings. The van der Waals surface area contributed by atoms with E-state index in [1.54, 1.807) is 0 Å². The second-order valence-corrected chi connectivity index (χ2v) is 26.7. The van der Waals surface area contributed by atoms with Crippen LogP contribution in [0.1, 0.15) is 311 Å². The normalized spacial score (nSPS) is 14.3. The van der Waals surface area contributed by atoms with Gasteiger partial charge in [-0.25, -0.2) is 9.13 Å². The first-order chi connectivity index (χ1) is 39.4. The number of unbranched alkanes of at least 4 members (excludes halogenated alkanes) is 32. The van der Waals surface area contributed by atoms with Gasteiger partial charge in [-0.15, -0.1) is 0 Å². The summed E-state index contributed by atoms with van der Waals surface area (Å²) >= 11 is 0. The third kappa shape index (κ3) is 57.2. The summed E-state index contributed by atoms with van der Waals surface area (Å²) in [5.41, 5.74) is 0. The van der Waals surface area contributed by atoms with Gasteiger partial charge in [0.2, 0.25) is 0 Å². The number of phosphoric acid groups is 2. The minimum atomic E-state index is -4.94. The quantitative estimate of drug-likeness (QED) is 0.0222. The maximum atomic E-state index is 13.0. The van der Waals surface area contributed by atoms with Crippen molar-refractivity contribution in [3.8, 4) is 0 Å². The molecule has 0 aromatic heterocycles. The van der Waals surface area contributed by atoms with Crippen LogP contribution in [0.4, 0.5) is 0 Å². The van der Waals surface area contributed by atoms with Crippen LogP contribution in [-0.4, -0.2) is 96.7 Å². The molecule has 0 aromatic carbocycles.